The van der Waals surface area contributed by atoms with Gasteiger partial charge in [-0.25, -0.2) is 14.6 Å². The summed E-state index contributed by atoms with van der Waals surface area (Å²) in [5, 5.41) is 2.63. The number of carbonyl (C=O) groups is 2. The molecule has 0 atom stereocenters. The van der Waals surface area contributed by atoms with Crippen molar-refractivity contribution in [1.29, 1.82) is 0 Å². The van der Waals surface area contributed by atoms with Gasteiger partial charge in [0.15, 0.2) is 0 Å². The number of aromatic nitrogens is 1. The Morgan fingerprint density at radius 1 is 1.08 bits per heavy atom. The Morgan fingerprint density at radius 2 is 1.88 bits per heavy atom. The van der Waals surface area contributed by atoms with Crippen molar-refractivity contribution in [2.75, 3.05) is 13.2 Å². The van der Waals surface area contributed by atoms with Crippen molar-refractivity contribution in [2.24, 2.45) is 0 Å². The van der Waals surface area contributed by atoms with E-state index in [4.69, 9.17) is 9.47 Å². The Kier molecular flexibility index (Phi) is 7.69. The number of esters is 1. The standard InChI is InChI=1S/C20H20N2O4/c1-2-25-19(23)18-13-8-12-17(22-18)11-6-7-14-21-20(24)26-15-16-9-4-3-5-10-16/h3-5,8-10,12-13H,2,7,14-15H2,1H3,(H,21,24). The molecule has 0 radical (unpaired) electrons. The molecule has 6 heteroatoms. The predicted molar refractivity (Wildman–Crippen MR) is 96.3 cm³/mol. The number of benzene rings is 1. The maximum absolute atomic E-state index is 11.6. The maximum Gasteiger partial charge on any atom is 0.407 e. The average Bonchev–Trinajstić information content (AvgIpc) is 2.67. The molecule has 1 aromatic carbocycles. The van der Waals surface area contributed by atoms with Gasteiger partial charge >= 0.3 is 12.1 Å². The highest BCUT2D eigenvalue weighted by atomic mass is 16.5. The summed E-state index contributed by atoms with van der Waals surface area (Å²) in [6, 6.07) is 14.4. The van der Waals surface area contributed by atoms with Gasteiger partial charge in [-0.15, -0.1) is 0 Å². The molecule has 6 nitrogen and oxygen atoms in total. The Morgan fingerprint density at radius 3 is 2.65 bits per heavy atom. The van der Waals surface area contributed by atoms with Crippen molar-refractivity contribution in [3.8, 4) is 11.8 Å². The van der Waals surface area contributed by atoms with Crippen LogP contribution in [0, 0.1) is 11.8 Å². The van der Waals surface area contributed by atoms with Crippen molar-refractivity contribution in [1.82, 2.24) is 10.3 Å². The van der Waals surface area contributed by atoms with Gasteiger partial charge in [0.05, 0.1) is 6.61 Å². The topological polar surface area (TPSA) is 77.5 Å². The summed E-state index contributed by atoms with van der Waals surface area (Å²) in [5.74, 6) is 5.27. The average molecular weight is 352 g/mol. The minimum Gasteiger partial charge on any atom is -0.461 e. The highest BCUT2D eigenvalue weighted by Crippen LogP contribution is 2.01. The molecular weight excluding hydrogens is 332 g/mol. The minimum absolute atomic E-state index is 0.223. The van der Waals surface area contributed by atoms with Gasteiger partial charge in [-0.1, -0.05) is 42.3 Å². The quantitative estimate of drug-likeness (QED) is 0.491. The molecule has 0 unspecified atom stereocenters. The van der Waals surface area contributed by atoms with Gasteiger partial charge < -0.3 is 14.8 Å². The fraction of sp³-hybridized carbons (Fsp3) is 0.250. The summed E-state index contributed by atoms with van der Waals surface area (Å²) < 4.78 is 9.99. The lowest BCUT2D eigenvalue weighted by Gasteiger charge is -2.05. The Hall–Kier alpha value is -3.33. The number of rotatable bonds is 6. The molecule has 1 amide bonds. The molecule has 0 fully saturated rings. The first kappa shape index (κ1) is 19.0. The van der Waals surface area contributed by atoms with E-state index in [1.165, 1.54) is 0 Å². The number of nitrogens with zero attached hydrogens (tertiary/aromatic N) is 1. The molecule has 1 N–H and O–H groups in total. The van der Waals surface area contributed by atoms with E-state index in [2.05, 4.69) is 22.1 Å². The van der Waals surface area contributed by atoms with Crippen molar-refractivity contribution < 1.29 is 19.1 Å². The molecule has 0 spiro atoms. The number of amides is 1. The summed E-state index contributed by atoms with van der Waals surface area (Å²) in [4.78, 5) is 27.3. The van der Waals surface area contributed by atoms with E-state index in [0.717, 1.165) is 5.56 Å². The lowest BCUT2D eigenvalue weighted by Crippen LogP contribution is -2.24. The van der Waals surface area contributed by atoms with Gasteiger partial charge in [-0.3, -0.25) is 0 Å². The fourth-order valence-electron chi connectivity index (χ4n) is 1.98. The zero-order valence-electron chi connectivity index (χ0n) is 14.5. The van der Waals surface area contributed by atoms with Gasteiger partial charge in [-0.2, -0.15) is 0 Å². The SMILES string of the molecule is CCOC(=O)c1cccc(C#CCCNC(=O)OCc2ccccc2)n1. The monoisotopic (exact) mass is 352 g/mol. The number of ether oxygens (including phenoxy) is 2. The summed E-state index contributed by atoms with van der Waals surface area (Å²) in [6.07, 6.45) is -0.0516. The van der Waals surface area contributed by atoms with Crippen LogP contribution in [-0.2, 0) is 16.1 Å². The molecule has 0 saturated heterocycles. The van der Waals surface area contributed by atoms with Crippen LogP contribution < -0.4 is 5.32 Å². The lowest BCUT2D eigenvalue weighted by atomic mass is 10.2. The first-order chi connectivity index (χ1) is 12.7. The Bertz CT molecular complexity index is 794. The molecule has 1 aromatic heterocycles. The molecular formula is C20H20N2O4. The second kappa shape index (κ2) is 10.5. The first-order valence-corrected chi connectivity index (χ1v) is 8.26. The number of carbonyl (C=O) groups excluding carboxylic acids is 2. The highest BCUT2D eigenvalue weighted by molar-refractivity contribution is 5.87. The zero-order chi connectivity index (χ0) is 18.6. The van der Waals surface area contributed by atoms with Gasteiger partial charge in [0, 0.05) is 13.0 Å². The minimum atomic E-state index is -0.488. The Balaban J connectivity index is 1.72. The predicted octanol–water partition coefficient (Wildman–Crippen LogP) is 2.93. The fourth-order valence-corrected chi connectivity index (χ4v) is 1.98. The van der Waals surface area contributed by atoms with Crippen molar-refractivity contribution in [2.45, 2.75) is 20.0 Å². The molecule has 0 aliphatic carbocycles. The summed E-state index contributed by atoms with van der Waals surface area (Å²) >= 11 is 0. The third-order valence-corrected chi connectivity index (χ3v) is 3.18. The largest absolute Gasteiger partial charge is 0.461 e. The molecule has 26 heavy (non-hydrogen) atoms. The van der Waals surface area contributed by atoms with Crippen LogP contribution in [0.25, 0.3) is 0 Å². The smallest absolute Gasteiger partial charge is 0.407 e. The van der Waals surface area contributed by atoms with E-state index in [1.54, 1.807) is 25.1 Å². The summed E-state index contributed by atoms with van der Waals surface area (Å²) in [5.41, 5.74) is 1.62. The molecule has 134 valence electrons. The molecule has 0 aliphatic rings. The van der Waals surface area contributed by atoms with E-state index in [-0.39, 0.29) is 12.3 Å². The van der Waals surface area contributed by atoms with Crippen LogP contribution in [0.3, 0.4) is 0 Å². The van der Waals surface area contributed by atoms with Crippen LogP contribution in [0.1, 0.15) is 35.1 Å². The normalized spacial score (nSPS) is 9.58. The van der Waals surface area contributed by atoms with Crippen molar-refractivity contribution in [3.63, 3.8) is 0 Å². The van der Waals surface area contributed by atoms with Crippen LogP contribution in [0.15, 0.2) is 48.5 Å². The highest BCUT2D eigenvalue weighted by Gasteiger charge is 2.07. The van der Waals surface area contributed by atoms with Crippen molar-refractivity contribution >= 4 is 12.1 Å². The number of alkyl carbamates (subject to hydrolysis) is 1. The van der Waals surface area contributed by atoms with E-state index < -0.39 is 12.1 Å². The van der Waals surface area contributed by atoms with Crippen molar-refractivity contribution in [3.05, 3.63) is 65.5 Å². The molecule has 1 heterocycles. The number of nitrogens with one attached hydrogen (secondary N) is 1. The summed E-state index contributed by atoms with van der Waals surface area (Å²) in [6.45, 7) is 2.61. The second-order valence-electron chi connectivity index (χ2n) is 5.17. The third-order valence-electron chi connectivity index (χ3n) is 3.18. The second-order valence-corrected chi connectivity index (χ2v) is 5.17. The molecule has 0 aliphatic heterocycles. The lowest BCUT2D eigenvalue weighted by molar-refractivity contribution is 0.0519. The van der Waals surface area contributed by atoms with E-state index in [0.29, 0.717) is 25.3 Å². The van der Waals surface area contributed by atoms with E-state index in [9.17, 15) is 9.59 Å². The number of hydrogen-bond donors (Lipinski definition) is 1. The van der Waals surface area contributed by atoms with Crippen LogP contribution in [-0.4, -0.2) is 30.2 Å². The molecule has 0 bridgehead atoms. The van der Waals surface area contributed by atoms with E-state index in [1.807, 2.05) is 30.3 Å². The van der Waals surface area contributed by atoms with Crippen LogP contribution in [0.2, 0.25) is 0 Å². The van der Waals surface area contributed by atoms with Crippen LogP contribution in [0.4, 0.5) is 4.79 Å². The van der Waals surface area contributed by atoms with Gasteiger partial charge in [0.2, 0.25) is 0 Å². The summed E-state index contributed by atoms with van der Waals surface area (Å²) in [7, 11) is 0. The number of pyridine rings is 1. The molecule has 0 saturated carbocycles. The van der Waals surface area contributed by atoms with Gasteiger partial charge in [-0.05, 0) is 30.5 Å². The van der Waals surface area contributed by atoms with Crippen LogP contribution >= 0.6 is 0 Å². The Labute approximate surface area is 152 Å². The molecule has 2 rings (SSSR count). The molecule has 2 aromatic rings. The third kappa shape index (κ3) is 6.65. The van der Waals surface area contributed by atoms with Gasteiger partial charge in [0.1, 0.15) is 18.0 Å². The first-order valence-electron chi connectivity index (χ1n) is 8.26. The number of hydrogen-bond acceptors (Lipinski definition) is 5. The maximum atomic E-state index is 11.6. The zero-order valence-corrected chi connectivity index (χ0v) is 14.5. The van der Waals surface area contributed by atoms with Crippen LogP contribution in [0.5, 0.6) is 0 Å². The van der Waals surface area contributed by atoms with Gasteiger partial charge in [0.25, 0.3) is 0 Å². The van der Waals surface area contributed by atoms with E-state index >= 15 is 0 Å².